The Bertz CT molecular complexity index is 1030. The van der Waals surface area contributed by atoms with Crippen LogP contribution in [-0.2, 0) is 6.42 Å². The molecule has 0 spiro atoms. The van der Waals surface area contributed by atoms with E-state index in [0.717, 1.165) is 6.42 Å². The quantitative estimate of drug-likeness (QED) is 0.602. The van der Waals surface area contributed by atoms with Crippen molar-refractivity contribution >= 4 is 16.8 Å². The molecule has 1 aliphatic rings. The predicted molar refractivity (Wildman–Crippen MR) is 92.0 cm³/mol. The lowest BCUT2D eigenvalue weighted by molar-refractivity contribution is -0.486. The fourth-order valence-corrected chi connectivity index (χ4v) is 3.31. The molecule has 0 atom stereocenters. The zero-order chi connectivity index (χ0) is 15.1. The van der Waals surface area contributed by atoms with Gasteiger partial charge in [-0.1, -0.05) is 48.6 Å². The molecule has 4 rings (SSSR count). The van der Waals surface area contributed by atoms with E-state index in [-0.39, 0.29) is 0 Å². The summed E-state index contributed by atoms with van der Waals surface area (Å²) in [4.78, 5) is 0. The summed E-state index contributed by atoms with van der Waals surface area (Å²) >= 11 is 0. The Labute approximate surface area is 130 Å². The molecule has 0 amide bonds. The molecule has 0 unspecified atom stereocenters. The van der Waals surface area contributed by atoms with Gasteiger partial charge in [-0.2, -0.15) is 4.24 Å². The lowest BCUT2D eigenvalue weighted by Gasteiger charge is -2.10. The first-order chi connectivity index (χ1) is 10.7. The van der Waals surface area contributed by atoms with E-state index in [1.807, 2.05) is 4.24 Å². The van der Waals surface area contributed by atoms with Crippen LogP contribution in [0.1, 0.15) is 11.1 Å². The van der Waals surface area contributed by atoms with E-state index in [1.54, 1.807) is 0 Å². The van der Waals surface area contributed by atoms with Crippen LogP contribution in [0, 0.1) is 13.6 Å². The van der Waals surface area contributed by atoms with Crippen LogP contribution in [0.5, 0.6) is 0 Å². The molecule has 0 N–H and O–H groups in total. The number of pyridine rings is 1. The maximum atomic E-state index is 4.20. The van der Waals surface area contributed by atoms with E-state index in [0.29, 0.717) is 0 Å². The van der Waals surface area contributed by atoms with Crippen LogP contribution < -0.4 is 9.46 Å². The molecule has 1 aromatic heterocycles. The summed E-state index contributed by atoms with van der Waals surface area (Å²) in [5, 5.41) is 3.86. The number of aryl methyl sites for hydroxylation is 1. The molecule has 106 valence electrons. The SMILES string of the molecule is C=[n+]1ccc2c(c1-c1cc3ccccc3cc1C)CC=CC=2. The zero-order valence-electron chi connectivity index (χ0n) is 12.7. The van der Waals surface area contributed by atoms with Gasteiger partial charge < -0.3 is 0 Å². The van der Waals surface area contributed by atoms with Gasteiger partial charge in [0.15, 0.2) is 6.20 Å². The molecule has 3 aromatic rings. The number of fused-ring (bicyclic) bond motifs is 2. The van der Waals surface area contributed by atoms with E-state index in [9.17, 15) is 0 Å². The Hall–Kier alpha value is -2.67. The Morgan fingerprint density at radius 2 is 1.82 bits per heavy atom. The van der Waals surface area contributed by atoms with E-state index in [4.69, 9.17) is 0 Å². The second-order valence-corrected chi connectivity index (χ2v) is 5.88. The van der Waals surface area contributed by atoms with Gasteiger partial charge in [-0.05, 0) is 41.0 Å². The van der Waals surface area contributed by atoms with Crippen LogP contribution in [0.3, 0.4) is 0 Å². The van der Waals surface area contributed by atoms with Crippen LogP contribution in [0.15, 0.2) is 60.8 Å². The molecule has 1 aliphatic carbocycles. The second-order valence-electron chi connectivity index (χ2n) is 5.88. The van der Waals surface area contributed by atoms with Crippen LogP contribution in [0.2, 0.25) is 0 Å². The lowest BCUT2D eigenvalue weighted by Crippen LogP contribution is -2.26. The number of aromatic nitrogens is 1. The van der Waals surface area contributed by atoms with Gasteiger partial charge >= 0.3 is 0 Å². The molecule has 0 radical (unpaired) electrons. The highest BCUT2D eigenvalue weighted by Crippen LogP contribution is 2.28. The number of hydrogen-bond donors (Lipinski definition) is 0. The normalized spacial score (nSPS) is 13.0. The summed E-state index contributed by atoms with van der Waals surface area (Å²) in [6.07, 6.45) is 9.54. The number of benzene rings is 2. The highest BCUT2D eigenvalue weighted by Gasteiger charge is 2.18. The van der Waals surface area contributed by atoms with Gasteiger partial charge in [-0.25, -0.2) is 0 Å². The molecule has 22 heavy (non-hydrogen) atoms. The van der Waals surface area contributed by atoms with Gasteiger partial charge in [-0.3, -0.25) is 0 Å². The minimum absolute atomic E-state index is 0.962. The molecule has 1 heteroatoms. The Kier molecular flexibility index (Phi) is 2.93. The van der Waals surface area contributed by atoms with E-state index in [2.05, 4.69) is 80.5 Å². The first-order valence-corrected chi connectivity index (χ1v) is 7.62. The van der Waals surface area contributed by atoms with Crippen LogP contribution in [0.25, 0.3) is 28.1 Å². The third-order valence-corrected chi connectivity index (χ3v) is 4.44. The van der Waals surface area contributed by atoms with Crippen molar-refractivity contribution in [2.75, 3.05) is 0 Å². The third-order valence-electron chi connectivity index (χ3n) is 4.44. The van der Waals surface area contributed by atoms with Gasteiger partial charge in [0.25, 0.3) is 0 Å². The smallest absolute Gasteiger partial charge is 0.173 e. The molecule has 0 saturated heterocycles. The first-order valence-electron chi connectivity index (χ1n) is 7.62. The van der Waals surface area contributed by atoms with Crippen molar-refractivity contribution in [3.05, 3.63) is 83.9 Å². The molecule has 0 saturated carbocycles. The number of hydrogen-bond acceptors (Lipinski definition) is 0. The zero-order valence-corrected chi connectivity index (χ0v) is 12.7. The summed E-state index contributed by atoms with van der Waals surface area (Å²) in [7, 11) is 0. The minimum atomic E-state index is 0.962. The van der Waals surface area contributed by atoms with Gasteiger partial charge in [0.05, 0.1) is 5.56 Å². The summed E-state index contributed by atoms with van der Waals surface area (Å²) in [5.74, 6) is 0. The molecule has 1 nitrogen and oxygen atoms in total. The average Bonchev–Trinajstić information content (AvgIpc) is 2.54. The maximum absolute atomic E-state index is 4.20. The van der Waals surface area contributed by atoms with Crippen molar-refractivity contribution in [2.24, 2.45) is 0 Å². The summed E-state index contributed by atoms with van der Waals surface area (Å²) in [6.45, 7) is 6.39. The highest BCUT2D eigenvalue weighted by molar-refractivity contribution is 5.88. The van der Waals surface area contributed by atoms with E-state index in [1.165, 1.54) is 38.4 Å². The van der Waals surface area contributed by atoms with Crippen LogP contribution >= 0.6 is 0 Å². The van der Waals surface area contributed by atoms with Crippen molar-refractivity contribution in [3.63, 3.8) is 0 Å². The second kappa shape index (κ2) is 4.96. The molecule has 0 bridgehead atoms. The molecule has 0 fully saturated rings. The Morgan fingerprint density at radius 1 is 1.05 bits per heavy atom. The minimum Gasteiger partial charge on any atom is -0.173 e. The van der Waals surface area contributed by atoms with Gasteiger partial charge in [0.2, 0.25) is 5.69 Å². The van der Waals surface area contributed by atoms with Crippen LogP contribution in [0.4, 0.5) is 0 Å². The van der Waals surface area contributed by atoms with Crippen molar-refractivity contribution in [2.45, 2.75) is 13.3 Å². The number of nitrogens with zero attached hydrogens (tertiary/aromatic N) is 1. The number of allylic oxidation sites excluding steroid dienone is 2. The Balaban J connectivity index is 2.09. The monoisotopic (exact) mass is 284 g/mol. The van der Waals surface area contributed by atoms with Crippen LogP contribution in [-0.4, -0.2) is 0 Å². The first kappa shape index (κ1) is 13.0. The van der Waals surface area contributed by atoms with Gasteiger partial charge in [0.1, 0.15) is 6.72 Å². The van der Waals surface area contributed by atoms with Gasteiger partial charge in [0, 0.05) is 11.6 Å². The molecular formula is C21H18N+. The number of rotatable bonds is 1. The summed E-state index contributed by atoms with van der Waals surface area (Å²) in [6, 6.07) is 15.2. The van der Waals surface area contributed by atoms with Crippen molar-refractivity contribution in [3.8, 4) is 11.3 Å². The molecule has 0 aliphatic heterocycles. The van der Waals surface area contributed by atoms with Crippen molar-refractivity contribution < 1.29 is 4.24 Å². The fraction of sp³-hybridized carbons (Fsp3) is 0.0952. The summed E-state index contributed by atoms with van der Waals surface area (Å²) in [5.41, 5.74) is 5.15. The highest BCUT2D eigenvalue weighted by atomic mass is 14.8. The molecule has 2 aromatic carbocycles. The van der Waals surface area contributed by atoms with Gasteiger partial charge in [-0.15, -0.1) is 0 Å². The summed E-state index contributed by atoms with van der Waals surface area (Å²) < 4.78 is 2.00. The largest absolute Gasteiger partial charge is 0.221 e. The van der Waals surface area contributed by atoms with E-state index >= 15 is 0 Å². The van der Waals surface area contributed by atoms with Crippen molar-refractivity contribution in [1.82, 2.24) is 0 Å². The fourth-order valence-electron chi connectivity index (χ4n) is 3.31. The third kappa shape index (κ3) is 1.98. The molecule has 1 heterocycles. The lowest BCUT2D eigenvalue weighted by atomic mass is 9.93. The molecular weight excluding hydrogens is 266 g/mol. The maximum Gasteiger partial charge on any atom is 0.221 e. The predicted octanol–water partition coefficient (Wildman–Crippen LogP) is 3.64. The standard InChI is InChI=1S/C21H18N/c1-15-13-17-8-3-4-9-18(17)14-20(15)21-19-10-6-5-7-16(19)11-12-22(21)2/h3-9,11-14H,2,10H2,1H3/q+1. The Morgan fingerprint density at radius 3 is 2.64 bits per heavy atom. The van der Waals surface area contributed by atoms with E-state index < -0.39 is 0 Å². The van der Waals surface area contributed by atoms with Crippen molar-refractivity contribution in [1.29, 1.82) is 0 Å². The topological polar surface area (TPSA) is 5.90 Å². The average molecular weight is 284 g/mol.